The summed E-state index contributed by atoms with van der Waals surface area (Å²) in [7, 11) is 0. The number of cyclic esters (lactones) is 1. The molecule has 3 aromatic rings. The monoisotopic (exact) mass is 617 g/mol. The van der Waals surface area contributed by atoms with Crippen LogP contribution in [0.25, 0.3) is 6.08 Å². The summed E-state index contributed by atoms with van der Waals surface area (Å²) < 4.78 is 25.8. The van der Waals surface area contributed by atoms with Crippen molar-refractivity contribution in [2.24, 2.45) is 0 Å². The van der Waals surface area contributed by atoms with Crippen LogP contribution >= 0.6 is 23.2 Å². The molecule has 0 bridgehead atoms. The number of hydrogen-bond donors (Lipinski definition) is 1. The third-order valence-electron chi connectivity index (χ3n) is 6.92. The maximum Gasteiger partial charge on any atom is 0.433 e. The highest BCUT2D eigenvalue weighted by Crippen LogP contribution is 2.29. The van der Waals surface area contributed by atoms with Crippen molar-refractivity contribution in [3.8, 4) is 0 Å². The zero-order valence-corrected chi connectivity index (χ0v) is 23.7. The summed E-state index contributed by atoms with van der Waals surface area (Å²) in [5.41, 5.74) is 1.39. The van der Waals surface area contributed by atoms with Gasteiger partial charge in [-0.2, -0.15) is 0 Å². The molecular weight excluding hydrogens is 592 g/mol. The lowest BCUT2D eigenvalue weighted by molar-refractivity contribution is -0.402. The average Bonchev–Trinajstić information content (AvgIpc) is 3.58. The standard InChI is InChI=1S/C28H26Cl2FN5O6/c29-19-3-1-18(23(30)13-19)2-7-26(37)32-15-22-17-35(28(38)42-22)20-4-6-25(24(31)14-20)34-11-9-33(10-12-34)16-21-5-8-27(41-21)36(39)40/h1-8,13-14,22H,9-12,15-17H2,(H,32,37)/b7-2+. The van der Waals surface area contributed by atoms with Crippen LogP contribution in [0.1, 0.15) is 11.3 Å². The molecule has 2 amide bonds. The third kappa shape index (κ3) is 7.01. The maximum absolute atomic E-state index is 15.2. The van der Waals surface area contributed by atoms with Gasteiger partial charge in [-0.25, -0.2) is 9.18 Å². The van der Waals surface area contributed by atoms with Crippen molar-refractivity contribution in [2.45, 2.75) is 12.6 Å². The molecule has 220 valence electrons. The van der Waals surface area contributed by atoms with Gasteiger partial charge >= 0.3 is 12.0 Å². The molecule has 1 N–H and O–H groups in total. The van der Waals surface area contributed by atoms with Crippen molar-refractivity contribution in [3.05, 3.63) is 91.9 Å². The number of anilines is 2. The van der Waals surface area contributed by atoms with Crippen LogP contribution in [0.15, 0.2) is 59.0 Å². The first kappa shape index (κ1) is 29.4. The Hall–Kier alpha value is -4.13. The second-order valence-electron chi connectivity index (χ2n) is 9.76. The van der Waals surface area contributed by atoms with Gasteiger partial charge < -0.3 is 19.4 Å². The summed E-state index contributed by atoms with van der Waals surface area (Å²) in [6, 6.07) is 12.4. The fraction of sp³-hybridized carbons (Fsp3) is 0.286. The van der Waals surface area contributed by atoms with Crippen LogP contribution in [0.5, 0.6) is 0 Å². The Labute approximate surface area is 250 Å². The summed E-state index contributed by atoms with van der Waals surface area (Å²) in [5.74, 6) is -0.660. The van der Waals surface area contributed by atoms with E-state index in [4.69, 9.17) is 32.4 Å². The first-order chi connectivity index (χ1) is 20.2. The van der Waals surface area contributed by atoms with Crippen molar-refractivity contribution >= 4 is 58.5 Å². The van der Waals surface area contributed by atoms with E-state index in [1.54, 1.807) is 42.5 Å². The van der Waals surface area contributed by atoms with E-state index in [2.05, 4.69) is 10.2 Å². The number of furan rings is 1. The molecule has 0 saturated carbocycles. The molecule has 2 saturated heterocycles. The molecule has 2 aliphatic heterocycles. The molecule has 5 rings (SSSR count). The molecular formula is C28H26Cl2FN5O6. The summed E-state index contributed by atoms with van der Waals surface area (Å²) in [4.78, 5) is 40.3. The van der Waals surface area contributed by atoms with E-state index in [-0.39, 0.29) is 19.0 Å². The van der Waals surface area contributed by atoms with E-state index in [9.17, 15) is 19.7 Å². The maximum atomic E-state index is 15.2. The lowest BCUT2D eigenvalue weighted by atomic mass is 10.2. The second kappa shape index (κ2) is 12.8. The lowest BCUT2D eigenvalue weighted by Crippen LogP contribution is -2.46. The molecule has 0 spiro atoms. The summed E-state index contributed by atoms with van der Waals surface area (Å²) >= 11 is 12.0. The number of rotatable bonds is 9. The first-order valence-corrected chi connectivity index (χ1v) is 13.8. The molecule has 2 fully saturated rings. The molecule has 1 aromatic heterocycles. The topological polar surface area (TPSA) is 121 Å². The van der Waals surface area contributed by atoms with Crippen LogP contribution in [-0.2, 0) is 16.1 Å². The van der Waals surface area contributed by atoms with E-state index in [1.807, 2.05) is 4.90 Å². The van der Waals surface area contributed by atoms with E-state index >= 15 is 4.39 Å². The number of nitro groups is 1. The first-order valence-electron chi connectivity index (χ1n) is 13.1. The predicted octanol–water partition coefficient (Wildman–Crippen LogP) is 5.11. The SMILES string of the molecule is O=C(/C=C/c1ccc(Cl)cc1Cl)NCC1CN(c2ccc(N3CCN(Cc4ccc([N+](=O)[O-])o4)CC3)c(F)c2)C(=O)O1. The molecule has 2 aliphatic rings. The Morgan fingerprint density at radius 3 is 2.60 bits per heavy atom. The van der Waals surface area contributed by atoms with E-state index < -0.39 is 28.8 Å². The fourth-order valence-corrected chi connectivity index (χ4v) is 5.22. The molecule has 2 aromatic carbocycles. The molecule has 42 heavy (non-hydrogen) atoms. The Bertz CT molecular complexity index is 1520. The molecule has 0 aliphatic carbocycles. The number of amides is 2. The lowest BCUT2D eigenvalue weighted by Gasteiger charge is -2.36. The van der Waals surface area contributed by atoms with Crippen molar-refractivity contribution < 1.29 is 28.1 Å². The summed E-state index contributed by atoms with van der Waals surface area (Å²) in [6.45, 7) is 2.97. The number of ether oxygens (including phenoxy) is 1. The van der Waals surface area contributed by atoms with Crippen molar-refractivity contribution in [2.75, 3.05) is 49.1 Å². The minimum atomic E-state index is -0.628. The van der Waals surface area contributed by atoms with Crippen LogP contribution in [0, 0.1) is 15.9 Å². The molecule has 0 radical (unpaired) electrons. The number of benzene rings is 2. The van der Waals surface area contributed by atoms with Crippen molar-refractivity contribution in [1.29, 1.82) is 0 Å². The molecule has 3 heterocycles. The fourth-order valence-electron chi connectivity index (χ4n) is 4.75. The van der Waals surface area contributed by atoms with Gasteiger partial charge in [-0.05, 0) is 48.0 Å². The Morgan fingerprint density at radius 1 is 1.12 bits per heavy atom. The molecule has 1 atom stereocenters. The largest absolute Gasteiger partial charge is 0.442 e. The number of nitrogens with one attached hydrogen (secondary N) is 1. The summed E-state index contributed by atoms with van der Waals surface area (Å²) in [5, 5.41) is 14.4. The average molecular weight is 618 g/mol. The Balaban J connectivity index is 1.11. The number of halogens is 3. The van der Waals surface area contributed by atoms with E-state index in [0.717, 1.165) is 0 Å². The number of piperazine rings is 1. The Morgan fingerprint density at radius 2 is 1.90 bits per heavy atom. The smallest absolute Gasteiger partial charge is 0.433 e. The van der Waals surface area contributed by atoms with E-state index in [1.165, 1.54) is 23.1 Å². The van der Waals surface area contributed by atoms with Gasteiger partial charge in [0.15, 0.2) is 0 Å². The minimum Gasteiger partial charge on any atom is -0.442 e. The highest BCUT2D eigenvalue weighted by Gasteiger charge is 2.33. The normalized spacial score (nSPS) is 17.6. The van der Waals surface area contributed by atoms with Gasteiger partial charge in [-0.15, -0.1) is 0 Å². The predicted molar refractivity (Wildman–Crippen MR) is 155 cm³/mol. The zero-order valence-electron chi connectivity index (χ0n) is 22.2. The number of nitrogens with zero attached hydrogens (tertiary/aromatic N) is 4. The minimum absolute atomic E-state index is 0.0793. The highest BCUT2D eigenvalue weighted by molar-refractivity contribution is 6.35. The highest BCUT2D eigenvalue weighted by atomic mass is 35.5. The zero-order chi connectivity index (χ0) is 29.8. The van der Waals surface area contributed by atoms with E-state index in [0.29, 0.717) is 65.5 Å². The second-order valence-corrected chi connectivity index (χ2v) is 10.6. The van der Waals surface area contributed by atoms with Gasteiger partial charge in [-0.1, -0.05) is 29.3 Å². The van der Waals surface area contributed by atoms with Gasteiger partial charge in [0.1, 0.15) is 22.6 Å². The van der Waals surface area contributed by atoms with Gasteiger partial charge in [0.25, 0.3) is 0 Å². The Kier molecular flexibility index (Phi) is 8.95. The molecule has 11 nitrogen and oxygen atoms in total. The van der Waals surface area contributed by atoms with Gasteiger partial charge in [0.2, 0.25) is 5.91 Å². The van der Waals surface area contributed by atoms with Crippen LogP contribution in [0.4, 0.5) is 26.4 Å². The quantitative estimate of drug-likeness (QED) is 0.200. The molecule has 1 unspecified atom stereocenters. The summed E-state index contributed by atoms with van der Waals surface area (Å²) in [6.07, 6.45) is 1.64. The number of hydrogen-bond acceptors (Lipinski definition) is 8. The van der Waals surface area contributed by atoms with Crippen LogP contribution in [0.2, 0.25) is 10.0 Å². The molecule has 14 heteroatoms. The number of carbonyl (C=O) groups excluding carboxylic acids is 2. The van der Waals surface area contributed by atoms with Crippen molar-refractivity contribution in [3.63, 3.8) is 0 Å². The third-order valence-corrected chi connectivity index (χ3v) is 7.48. The van der Waals surface area contributed by atoms with Crippen LogP contribution in [-0.4, -0.2) is 67.2 Å². The van der Waals surface area contributed by atoms with Gasteiger partial charge in [-0.3, -0.25) is 24.7 Å². The number of carbonyl (C=O) groups is 2. The van der Waals surface area contributed by atoms with Crippen LogP contribution in [0.3, 0.4) is 0 Å². The van der Waals surface area contributed by atoms with Gasteiger partial charge in [0.05, 0.1) is 37.1 Å². The van der Waals surface area contributed by atoms with Crippen molar-refractivity contribution in [1.82, 2.24) is 10.2 Å². The van der Waals surface area contributed by atoms with Crippen LogP contribution < -0.4 is 15.1 Å². The van der Waals surface area contributed by atoms with Gasteiger partial charge in [0, 0.05) is 42.3 Å².